The van der Waals surface area contributed by atoms with Gasteiger partial charge in [0, 0.05) is 16.1 Å². The number of fused-ring (bicyclic) bond motifs is 1. The van der Waals surface area contributed by atoms with Crippen LogP contribution in [0.5, 0.6) is 0 Å². The maximum atomic E-state index is 6.07. The molecule has 2 N–H and O–H groups in total. The summed E-state index contributed by atoms with van der Waals surface area (Å²) in [5.41, 5.74) is 8.28. The second-order valence-corrected chi connectivity index (χ2v) is 4.30. The van der Waals surface area contributed by atoms with Gasteiger partial charge in [0.05, 0.1) is 0 Å². The summed E-state index contributed by atoms with van der Waals surface area (Å²) < 4.78 is 0. The number of benzene rings is 1. The molecule has 0 bridgehead atoms. The molecule has 0 aromatic heterocycles. The van der Waals surface area contributed by atoms with Gasteiger partial charge in [-0.25, -0.2) is 0 Å². The zero-order valence-corrected chi connectivity index (χ0v) is 9.92. The number of hydrogen-bond donors (Lipinski definition) is 1. The van der Waals surface area contributed by atoms with Crippen molar-refractivity contribution in [3.63, 3.8) is 0 Å². The van der Waals surface area contributed by atoms with Crippen molar-refractivity contribution in [1.82, 2.24) is 0 Å². The normalized spacial score (nSPS) is 19.8. The highest BCUT2D eigenvalue weighted by Gasteiger charge is 2.19. The topological polar surface area (TPSA) is 26.0 Å². The molecule has 78 valence electrons. The van der Waals surface area contributed by atoms with Crippen molar-refractivity contribution < 1.29 is 0 Å². The van der Waals surface area contributed by atoms with Crippen molar-refractivity contribution >= 4 is 35.6 Å². The fourth-order valence-corrected chi connectivity index (χ4v) is 2.48. The third kappa shape index (κ3) is 2.17. The first-order valence-electron chi connectivity index (χ1n) is 4.42. The van der Waals surface area contributed by atoms with E-state index in [9.17, 15) is 0 Å². The van der Waals surface area contributed by atoms with Crippen LogP contribution in [0.4, 0.5) is 0 Å². The molecule has 0 fully saturated rings. The van der Waals surface area contributed by atoms with Gasteiger partial charge in [-0.15, -0.1) is 12.4 Å². The van der Waals surface area contributed by atoms with E-state index in [1.807, 2.05) is 6.07 Å². The zero-order valence-electron chi connectivity index (χ0n) is 7.59. The van der Waals surface area contributed by atoms with Gasteiger partial charge in [0.15, 0.2) is 0 Å². The molecule has 0 amide bonds. The summed E-state index contributed by atoms with van der Waals surface area (Å²) in [6, 6.07) is 3.84. The van der Waals surface area contributed by atoms with E-state index in [4.69, 9.17) is 28.9 Å². The van der Waals surface area contributed by atoms with E-state index in [1.165, 1.54) is 5.56 Å². The minimum Gasteiger partial charge on any atom is -0.324 e. The minimum absolute atomic E-state index is 0. The van der Waals surface area contributed by atoms with Gasteiger partial charge < -0.3 is 5.73 Å². The second kappa shape index (κ2) is 4.71. The van der Waals surface area contributed by atoms with Crippen LogP contribution in [0, 0.1) is 0 Å². The van der Waals surface area contributed by atoms with Crippen LogP contribution >= 0.6 is 35.6 Å². The lowest BCUT2D eigenvalue weighted by molar-refractivity contribution is 0.570. The lowest BCUT2D eigenvalue weighted by atomic mass is 9.88. The van der Waals surface area contributed by atoms with E-state index < -0.39 is 0 Å². The highest BCUT2D eigenvalue weighted by atomic mass is 35.5. The Morgan fingerprint density at radius 1 is 1.29 bits per heavy atom. The molecule has 1 atom stereocenters. The van der Waals surface area contributed by atoms with Crippen LogP contribution in [-0.4, -0.2) is 0 Å². The highest BCUT2D eigenvalue weighted by Crippen LogP contribution is 2.34. The number of rotatable bonds is 0. The molecule has 0 aliphatic heterocycles. The number of halogens is 3. The first-order chi connectivity index (χ1) is 6.18. The third-order valence-electron chi connectivity index (χ3n) is 2.54. The summed E-state index contributed by atoms with van der Waals surface area (Å²) in [5, 5.41) is 1.44. The van der Waals surface area contributed by atoms with Gasteiger partial charge >= 0.3 is 0 Å². The molecule has 0 radical (unpaired) electrons. The zero-order chi connectivity index (χ0) is 9.42. The van der Waals surface area contributed by atoms with Crippen molar-refractivity contribution in [3.8, 4) is 0 Å². The molecule has 0 saturated heterocycles. The quantitative estimate of drug-likeness (QED) is 0.748. The lowest BCUT2D eigenvalue weighted by Gasteiger charge is -2.23. The predicted octanol–water partition coefficient (Wildman–Crippen LogP) is 3.75. The Morgan fingerprint density at radius 2 is 2.00 bits per heavy atom. The average Bonchev–Trinajstić information content (AvgIpc) is 2.07. The largest absolute Gasteiger partial charge is 0.324 e. The molecule has 14 heavy (non-hydrogen) atoms. The Labute approximate surface area is 100.0 Å². The van der Waals surface area contributed by atoms with Gasteiger partial charge in [0.1, 0.15) is 0 Å². The van der Waals surface area contributed by atoms with Crippen molar-refractivity contribution in [3.05, 3.63) is 33.3 Å². The summed E-state index contributed by atoms with van der Waals surface area (Å²) in [7, 11) is 0. The fourth-order valence-electron chi connectivity index (χ4n) is 1.87. The van der Waals surface area contributed by atoms with Crippen LogP contribution in [-0.2, 0) is 6.42 Å². The molecule has 1 aliphatic carbocycles. The van der Waals surface area contributed by atoms with E-state index in [2.05, 4.69) is 0 Å². The summed E-state index contributed by atoms with van der Waals surface area (Å²) in [5.74, 6) is 0. The third-order valence-corrected chi connectivity index (χ3v) is 3.09. The fraction of sp³-hybridized carbons (Fsp3) is 0.400. The lowest BCUT2D eigenvalue weighted by Crippen LogP contribution is -2.17. The van der Waals surface area contributed by atoms with E-state index in [0.717, 1.165) is 29.8 Å². The predicted molar refractivity (Wildman–Crippen MR) is 63.6 cm³/mol. The van der Waals surface area contributed by atoms with Crippen LogP contribution in [0.15, 0.2) is 12.1 Å². The van der Waals surface area contributed by atoms with E-state index >= 15 is 0 Å². The average molecular weight is 253 g/mol. The number of hydrogen-bond acceptors (Lipinski definition) is 1. The molecule has 4 heteroatoms. The van der Waals surface area contributed by atoms with Crippen molar-refractivity contribution in [2.24, 2.45) is 5.73 Å². The molecular weight excluding hydrogens is 240 g/mol. The molecule has 1 aromatic carbocycles. The van der Waals surface area contributed by atoms with Crippen molar-refractivity contribution in [2.45, 2.75) is 25.3 Å². The summed E-state index contributed by atoms with van der Waals surface area (Å²) in [6.07, 6.45) is 3.18. The molecule has 1 aliphatic rings. The number of nitrogens with two attached hydrogens (primary N) is 1. The molecule has 0 spiro atoms. The second-order valence-electron chi connectivity index (χ2n) is 3.45. The Kier molecular flexibility index (Phi) is 4.08. The molecule has 1 aromatic rings. The minimum atomic E-state index is 0. The molecule has 0 saturated carbocycles. The van der Waals surface area contributed by atoms with Gasteiger partial charge in [0.2, 0.25) is 0 Å². The van der Waals surface area contributed by atoms with E-state index in [0.29, 0.717) is 5.02 Å². The standard InChI is InChI=1S/C10H11Cl2N.ClH/c11-6-4-8-7(9(12)5-6)2-1-3-10(8)13;/h4-5,10H,1-3,13H2;1H. The maximum absolute atomic E-state index is 6.07. The van der Waals surface area contributed by atoms with Crippen LogP contribution in [0.2, 0.25) is 10.0 Å². The van der Waals surface area contributed by atoms with Crippen LogP contribution < -0.4 is 5.73 Å². The first-order valence-corrected chi connectivity index (χ1v) is 5.17. The van der Waals surface area contributed by atoms with Gasteiger partial charge in [-0.3, -0.25) is 0 Å². The van der Waals surface area contributed by atoms with E-state index in [1.54, 1.807) is 6.07 Å². The molecule has 0 heterocycles. The smallest absolute Gasteiger partial charge is 0.0456 e. The first kappa shape index (κ1) is 12.1. The van der Waals surface area contributed by atoms with Gasteiger partial charge in [-0.1, -0.05) is 23.2 Å². The summed E-state index contributed by atoms with van der Waals surface area (Å²) in [6.45, 7) is 0. The van der Waals surface area contributed by atoms with Gasteiger partial charge in [-0.2, -0.15) is 0 Å². The van der Waals surface area contributed by atoms with Gasteiger partial charge in [0.25, 0.3) is 0 Å². The molecular formula is C10H12Cl3N. The van der Waals surface area contributed by atoms with Gasteiger partial charge in [-0.05, 0) is 42.5 Å². The van der Waals surface area contributed by atoms with Crippen LogP contribution in [0.3, 0.4) is 0 Å². The van der Waals surface area contributed by atoms with Crippen molar-refractivity contribution in [1.29, 1.82) is 0 Å². The van der Waals surface area contributed by atoms with Crippen LogP contribution in [0.1, 0.15) is 30.0 Å². The van der Waals surface area contributed by atoms with Crippen molar-refractivity contribution in [2.75, 3.05) is 0 Å². The molecule has 1 unspecified atom stereocenters. The molecule has 2 rings (SSSR count). The highest BCUT2D eigenvalue weighted by molar-refractivity contribution is 6.35. The Hall–Kier alpha value is 0.0500. The Balaban J connectivity index is 0.000000980. The monoisotopic (exact) mass is 251 g/mol. The maximum Gasteiger partial charge on any atom is 0.0456 e. The summed E-state index contributed by atoms with van der Waals surface area (Å²) in [4.78, 5) is 0. The van der Waals surface area contributed by atoms with Crippen LogP contribution in [0.25, 0.3) is 0 Å². The Morgan fingerprint density at radius 3 is 2.71 bits per heavy atom. The molecule has 1 nitrogen and oxygen atoms in total. The Bertz CT molecular complexity index is 338. The summed E-state index contributed by atoms with van der Waals surface area (Å²) >= 11 is 12.0. The van der Waals surface area contributed by atoms with E-state index in [-0.39, 0.29) is 18.4 Å². The SMILES string of the molecule is Cl.NC1CCCc2c(Cl)cc(Cl)cc21.